The second kappa shape index (κ2) is 13.6. The van der Waals surface area contributed by atoms with Gasteiger partial charge in [-0.1, -0.05) is 176 Å². The number of pyridine rings is 1. The normalized spacial score (nSPS) is 12.8. The Hall–Kier alpha value is -7.88. The zero-order valence-corrected chi connectivity index (χ0v) is 32.7. The van der Waals surface area contributed by atoms with Gasteiger partial charge in [-0.25, -0.2) is 9.97 Å². The van der Waals surface area contributed by atoms with Crippen molar-refractivity contribution < 1.29 is 0 Å². The van der Waals surface area contributed by atoms with E-state index in [0.717, 1.165) is 66.8 Å². The van der Waals surface area contributed by atoms with Crippen LogP contribution in [-0.2, 0) is 5.41 Å². The molecule has 9 aromatic carbocycles. The highest BCUT2D eigenvalue weighted by Gasteiger charge is 2.46. The highest BCUT2D eigenvalue weighted by molar-refractivity contribution is 6.13. The molecule has 2 heterocycles. The summed E-state index contributed by atoms with van der Waals surface area (Å²) >= 11 is 0. The Kier molecular flexibility index (Phi) is 7.76. The van der Waals surface area contributed by atoms with Crippen molar-refractivity contribution in [3.63, 3.8) is 0 Å². The summed E-state index contributed by atoms with van der Waals surface area (Å²) in [5.41, 5.74) is 16.7. The molecule has 0 radical (unpaired) electrons. The van der Waals surface area contributed by atoms with Crippen LogP contribution in [0.3, 0.4) is 0 Å². The van der Waals surface area contributed by atoms with Gasteiger partial charge in [0.1, 0.15) is 5.82 Å². The van der Waals surface area contributed by atoms with E-state index in [1.54, 1.807) is 0 Å². The van der Waals surface area contributed by atoms with Gasteiger partial charge >= 0.3 is 0 Å². The van der Waals surface area contributed by atoms with E-state index >= 15 is 0 Å². The number of aromatic nitrogens is 3. The molecule has 1 aliphatic rings. The molecule has 0 spiro atoms. The fourth-order valence-electron chi connectivity index (χ4n) is 9.82. The molecule has 0 bridgehead atoms. The lowest BCUT2D eigenvalue weighted by molar-refractivity contribution is 0.769. The zero-order chi connectivity index (χ0) is 39.6. The van der Waals surface area contributed by atoms with Crippen LogP contribution in [0, 0.1) is 0 Å². The van der Waals surface area contributed by atoms with Gasteiger partial charge < -0.3 is 0 Å². The molecule has 0 aliphatic heterocycles. The fourth-order valence-corrected chi connectivity index (χ4v) is 9.82. The van der Waals surface area contributed by atoms with Gasteiger partial charge in [-0.15, -0.1) is 0 Å². The molecular weight excluding hydrogens is 727 g/mol. The average molecular weight is 764 g/mol. The van der Waals surface area contributed by atoms with Crippen molar-refractivity contribution in [2.24, 2.45) is 0 Å². The van der Waals surface area contributed by atoms with Crippen molar-refractivity contribution in [2.45, 2.75) is 5.41 Å². The molecule has 0 saturated carbocycles. The van der Waals surface area contributed by atoms with Crippen LogP contribution in [0.15, 0.2) is 224 Å². The standard InChI is InChI=1S/C57H37N3/c1-4-17-39(18-5-1)56-59-53-29-14-15-30-54(53)60(56)44-33-31-38(32-34-44)40-19-16-20-41(35-40)55-49-36-48-45-25-10-12-27-50(45)57(42-21-6-2-7-22-42,43-23-8-3-9-24-43)51(48)37-47(49)46-26-11-13-28-52(46)58-55/h1-37H. The van der Waals surface area contributed by atoms with Crippen LogP contribution in [0.5, 0.6) is 0 Å². The zero-order valence-electron chi connectivity index (χ0n) is 32.7. The first kappa shape index (κ1) is 34.2. The molecule has 0 amide bonds. The fraction of sp³-hybridized carbons (Fsp3) is 0.0175. The number of benzene rings is 9. The molecule has 0 atom stereocenters. The third-order valence-electron chi connectivity index (χ3n) is 12.5. The van der Waals surface area contributed by atoms with Crippen LogP contribution < -0.4 is 0 Å². The maximum atomic E-state index is 5.45. The molecule has 3 nitrogen and oxygen atoms in total. The first-order chi connectivity index (χ1) is 29.8. The summed E-state index contributed by atoms with van der Waals surface area (Å²) in [7, 11) is 0. The lowest BCUT2D eigenvalue weighted by Crippen LogP contribution is -2.28. The van der Waals surface area contributed by atoms with Crippen molar-refractivity contribution in [2.75, 3.05) is 0 Å². The highest BCUT2D eigenvalue weighted by atomic mass is 15.1. The molecule has 0 N–H and O–H groups in total. The van der Waals surface area contributed by atoms with Crippen molar-refractivity contribution in [3.05, 3.63) is 247 Å². The maximum absolute atomic E-state index is 5.45. The average Bonchev–Trinajstić information content (AvgIpc) is 3.86. The van der Waals surface area contributed by atoms with E-state index in [1.807, 2.05) is 12.1 Å². The first-order valence-electron chi connectivity index (χ1n) is 20.6. The molecule has 1 aliphatic carbocycles. The van der Waals surface area contributed by atoms with Gasteiger partial charge in [0.25, 0.3) is 0 Å². The van der Waals surface area contributed by atoms with Crippen LogP contribution in [0.25, 0.3) is 83.3 Å². The number of para-hydroxylation sites is 3. The third kappa shape index (κ3) is 5.16. The molecule has 2 aromatic heterocycles. The Bertz CT molecular complexity index is 3360. The minimum absolute atomic E-state index is 0.482. The van der Waals surface area contributed by atoms with E-state index < -0.39 is 5.41 Å². The molecule has 0 unspecified atom stereocenters. The third-order valence-corrected chi connectivity index (χ3v) is 12.5. The summed E-state index contributed by atoms with van der Waals surface area (Å²) in [6.45, 7) is 0. The summed E-state index contributed by atoms with van der Waals surface area (Å²) in [5, 5.41) is 3.50. The van der Waals surface area contributed by atoms with E-state index in [9.17, 15) is 0 Å². The second-order valence-corrected chi connectivity index (χ2v) is 15.7. The molecule has 3 heteroatoms. The molecule has 11 aromatic rings. The predicted molar refractivity (Wildman–Crippen MR) is 247 cm³/mol. The Balaban J connectivity index is 1.03. The lowest BCUT2D eigenvalue weighted by atomic mass is 9.67. The number of nitrogens with zero attached hydrogens (tertiary/aromatic N) is 3. The summed E-state index contributed by atoms with van der Waals surface area (Å²) in [6, 6.07) is 81.0. The van der Waals surface area contributed by atoms with E-state index in [0.29, 0.717) is 0 Å². The summed E-state index contributed by atoms with van der Waals surface area (Å²) in [4.78, 5) is 10.5. The van der Waals surface area contributed by atoms with E-state index in [1.165, 1.54) is 38.8 Å². The van der Waals surface area contributed by atoms with E-state index in [2.05, 4.69) is 217 Å². The van der Waals surface area contributed by atoms with Gasteiger partial charge in [-0.2, -0.15) is 0 Å². The Labute approximate surface area is 348 Å². The minimum atomic E-state index is -0.482. The number of rotatable bonds is 6. The molecule has 0 saturated heterocycles. The monoisotopic (exact) mass is 763 g/mol. The van der Waals surface area contributed by atoms with Crippen molar-refractivity contribution >= 4 is 32.7 Å². The SMILES string of the molecule is c1ccc(-c2nc3ccccc3n2-c2ccc(-c3cccc(-c4nc5ccccc5c5cc6c(cc45)-c4ccccc4C6(c4ccccc4)c4ccccc4)c3)cc2)cc1. The Morgan fingerprint density at radius 1 is 0.350 bits per heavy atom. The van der Waals surface area contributed by atoms with Crippen molar-refractivity contribution in [1.29, 1.82) is 0 Å². The van der Waals surface area contributed by atoms with Crippen LogP contribution in [0.2, 0.25) is 0 Å². The summed E-state index contributed by atoms with van der Waals surface area (Å²) < 4.78 is 2.26. The molecule has 280 valence electrons. The van der Waals surface area contributed by atoms with E-state index in [4.69, 9.17) is 9.97 Å². The van der Waals surface area contributed by atoms with Gasteiger partial charge in [-0.3, -0.25) is 4.57 Å². The van der Waals surface area contributed by atoms with Crippen molar-refractivity contribution in [1.82, 2.24) is 14.5 Å². The first-order valence-corrected chi connectivity index (χ1v) is 20.6. The Morgan fingerprint density at radius 2 is 0.967 bits per heavy atom. The number of hydrogen-bond donors (Lipinski definition) is 0. The van der Waals surface area contributed by atoms with Gasteiger partial charge in [0.05, 0.1) is 27.7 Å². The Morgan fingerprint density at radius 3 is 1.73 bits per heavy atom. The summed E-state index contributed by atoms with van der Waals surface area (Å²) in [6.07, 6.45) is 0. The van der Waals surface area contributed by atoms with Crippen LogP contribution in [0.1, 0.15) is 22.3 Å². The van der Waals surface area contributed by atoms with Crippen LogP contribution >= 0.6 is 0 Å². The maximum Gasteiger partial charge on any atom is 0.145 e. The smallest absolute Gasteiger partial charge is 0.145 e. The number of hydrogen-bond acceptors (Lipinski definition) is 2. The lowest BCUT2D eigenvalue weighted by Gasteiger charge is -2.34. The molecular formula is C57H37N3. The van der Waals surface area contributed by atoms with Gasteiger partial charge in [0.15, 0.2) is 0 Å². The van der Waals surface area contributed by atoms with Crippen LogP contribution in [0.4, 0.5) is 0 Å². The van der Waals surface area contributed by atoms with Gasteiger partial charge in [0, 0.05) is 27.6 Å². The van der Waals surface area contributed by atoms with Gasteiger partial charge in [0.2, 0.25) is 0 Å². The largest absolute Gasteiger partial charge is 0.292 e. The quantitative estimate of drug-likeness (QED) is 0.158. The minimum Gasteiger partial charge on any atom is -0.292 e. The predicted octanol–water partition coefficient (Wildman–Crippen LogP) is 14.1. The molecule has 0 fully saturated rings. The van der Waals surface area contributed by atoms with Gasteiger partial charge in [-0.05, 0) is 98.4 Å². The van der Waals surface area contributed by atoms with Crippen LogP contribution in [-0.4, -0.2) is 14.5 Å². The van der Waals surface area contributed by atoms with Crippen molar-refractivity contribution in [3.8, 4) is 50.6 Å². The summed E-state index contributed by atoms with van der Waals surface area (Å²) in [5.74, 6) is 0.930. The molecule has 60 heavy (non-hydrogen) atoms. The van der Waals surface area contributed by atoms with E-state index in [-0.39, 0.29) is 0 Å². The number of fused-ring (bicyclic) bond motifs is 7. The highest BCUT2D eigenvalue weighted by Crippen LogP contribution is 2.57. The molecule has 12 rings (SSSR count). The second-order valence-electron chi connectivity index (χ2n) is 15.7. The number of imidazole rings is 1. The topological polar surface area (TPSA) is 30.7 Å².